The van der Waals surface area contributed by atoms with Crippen molar-refractivity contribution in [3.8, 4) is 5.75 Å². The maximum Gasteiger partial charge on any atom is 0.251 e. The lowest BCUT2D eigenvalue weighted by molar-refractivity contribution is -0.142. The summed E-state index contributed by atoms with van der Waals surface area (Å²) in [5.41, 5.74) is 2.41. The fourth-order valence-electron chi connectivity index (χ4n) is 3.93. The molecule has 0 spiro atoms. The summed E-state index contributed by atoms with van der Waals surface area (Å²) in [7, 11) is 1.71. The molecule has 3 rings (SSSR count). The van der Waals surface area contributed by atoms with Crippen LogP contribution in [0.5, 0.6) is 5.75 Å². The van der Waals surface area contributed by atoms with E-state index in [4.69, 9.17) is 14.5 Å². The molecule has 1 aromatic rings. The third-order valence-electron chi connectivity index (χ3n) is 5.51. The first-order valence-electron chi connectivity index (χ1n) is 10.7. The third kappa shape index (κ3) is 5.63. The van der Waals surface area contributed by atoms with Crippen LogP contribution in [-0.4, -0.2) is 80.8 Å². The highest BCUT2D eigenvalue weighted by molar-refractivity contribution is 5.82. The largest absolute Gasteiger partial charge is 0.496 e. The molecule has 1 amide bonds. The zero-order valence-electron chi connectivity index (χ0n) is 17.9. The van der Waals surface area contributed by atoms with Crippen molar-refractivity contribution in [2.45, 2.75) is 39.2 Å². The number of nitrogens with zero attached hydrogens (tertiary/aromatic N) is 3. The SMILES string of the molecule is CCNC(=NCCc1cc(C)ccc1OC)N1CCN(C(=O)C2CCCO2)CC1. The number of nitrogens with one attached hydrogen (secondary N) is 1. The summed E-state index contributed by atoms with van der Waals surface area (Å²) in [5, 5.41) is 3.39. The molecule has 2 fully saturated rings. The Labute approximate surface area is 174 Å². The summed E-state index contributed by atoms with van der Waals surface area (Å²) >= 11 is 0. The molecule has 0 aromatic heterocycles. The molecule has 1 unspecified atom stereocenters. The van der Waals surface area contributed by atoms with Gasteiger partial charge in [-0.25, -0.2) is 0 Å². The van der Waals surface area contributed by atoms with Gasteiger partial charge in [0.25, 0.3) is 5.91 Å². The van der Waals surface area contributed by atoms with Crippen molar-refractivity contribution in [2.75, 3.05) is 53.0 Å². The summed E-state index contributed by atoms with van der Waals surface area (Å²) in [5.74, 6) is 1.98. The monoisotopic (exact) mass is 402 g/mol. The number of hydrogen-bond acceptors (Lipinski definition) is 4. The minimum atomic E-state index is -0.229. The van der Waals surface area contributed by atoms with Gasteiger partial charge in [0.2, 0.25) is 0 Å². The van der Waals surface area contributed by atoms with Crippen LogP contribution in [0.2, 0.25) is 0 Å². The van der Waals surface area contributed by atoms with Crippen LogP contribution in [0.4, 0.5) is 0 Å². The van der Waals surface area contributed by atoms with E-state index in [9.17, 15) is 4.79 Å². The number of carbonyl (C=O) groups excluding carboxylic acids is 1. The van der Waals surface area contributed by atoms with E-state index in [-0.39, 0.29) is 12.0 Å². The van der Waals surface area contributed by atoms with Gasteiger partial charge in [-0.15, -0.1) is 0 Å². The molecule has 160 valence electrons. The summed E-state index contributed by atoms with van der Waals surface area (Å²) in [6, 6.07) is 6.24. The lowest BCUT2D eigenvalue weighted by atomic mass is 10.1. The van der Waals surface area contributed by atoms with Crippen molar-refractivity contribution in [1.29, 1.82) is 0 Å². The van der Waals surface area contributed by atoms with Crippen molar-refractivity contribution >= 4 is 11.9 Å². The van der Waals surface area contributed by atoms with Gasteiger partial charge < -0.3 is 24.6 Å². The van der Waals surface area contributed by atoms with E-state index in [1.54, 1.807) is 7.11 Å². The molecular weight excluding hydrogens is 368 g/mol. The van der Waals surface area contributed by atoms with E-state index >= 15 is 0 Å². The van der Waals surface area contributed by atoms with Gasteiger partial charge in [-0.2, -0.15) is 0 Å². The number of benzene rings is 1. The highest BCUT2D eigenvalue weighted by Gasteiger charge is 2.30. The molecule has 2 saturated heterocycles. The summed E-state index contributed by atoms with van der Waals surface area (Å²) in [4.78, 5) is 21.6. The van der Waals surface area contributed by atoms with E-state index in [0.29, 0.717) is 13.2 Å². The number of carbonyl (C=O) groups is 1. The number of hydrogen-bond donors (Lipinski definition) is 1. The van der Waals surface area contributed by atoms with Crippen LogP contribution in [0.15, 0.2) is 23.2 Å². The van der Waals surface area contributed by atoms with Crippen molar-refractivity contribution in [3.05, 3.63) is 29.3 Å². The molecule has 0 aliphatic carbocycles. The van der Waals surface area contributed by atoms with E-state index < -0.39 is 0 Å². The quantitative estimate of drug-likeness (QED) is 0.581. The maximum absolute atomic E-state index is 12.5. The first-order valence-corrected chi connectivity index (χ1v) is 10.7. The zero-order chi connectivity index (χ0) is 20.6. The first kappa shape index (κ1) is 21.4. The average molecular weight is 403 g/mol. The molecule has 1 aromatic carbocycles. The van der Waals surface area contributed by atoms with E-state index in [0.717, 1.165) is 63.7 Å². The van der Waals surface area contributed by atoms with Gasteiger partial charge in [-0.3, -0.25) is 9.79 Å². The van der Waals surface area contributed by atoms with Crippen LogP contribution in [0, 0.1) is 6.92 Å². The Hall–Kier alpha value is -2.28. The number of rotatable bonds is 6. The molecule has 2 heterocycles. The Bertz CT molecular complexity index is 708. The topological polar surface area (TPSA) is 66.4 Å². The minimum absolute atomic E-state index is 0.149. The van der Waals surface area contributed by atoms with Crippen molar-refractivity contribution < 1.29 is 14.3 Å². The second kappa shape index (κ2) is 10.5. The van der Waals surface area contributed by atoms with Crippen LogP contribution < -0.4 is 10.1 Å². The van der Waals surface area contributed by atoms with Crippen molar-refractivity contribution in [2.24, 2.45) is 4.99 Å². The highest BCUT2D eigenvalue weighted by Crippen LogP contribution is 2.20. The number of ether oxygens (including phenoxy) is 2. The van der Waals surface area contributed by atoms with Gasteiger partial charge >= 0.3 is 0 Å². The number of aryl methyl sites for hydroxylation is 1. The van der Waals surface area contributed by atoms with E-state index in [1.165, 1.54) is 11.1 Å². The van der Waals surface area contributed by atoms with Crippen LogP contribution in [0.1, 0.15) is 30.9 Å². The molecule has 2 aliphatic heterocycles. The average Bonchev–Trinajstić information content (AvgIpc) is 3.28. The Morgan fingerprint density at radius 1 is 1.28 bits per heavy atom. The third-order valence-corrected chi connectivity index (χ3v) is 5.51. The Morgan fingerprint density at radius 3 is 2.69 bits per heavy atom. The Balaban J connectivity index is 1.55. The Morgan fingerprint density at radius 2 is 2.03 bits per heavy atom. The van der Waals surface area contributed by atoms with Crippen LogP contribution in [0.3, 0.4) is 0 Å². The number of amides is 1. The number of methoxy groups -OCH3 is 1. The van der Waals surface area contributed by atoms with Gasteiger partial charge in [0.15, 0.2) is 5.96 Å². The van der Waals surface area contributed by atoms with E-state index in [1.807, 2.05) is 11.0 Å². The molecule has 0 saturated carbocycles. The predicted octanol–water partition coefficient (Wildman–Crippen LogP) is 1.83. The van der Waals surface area contributed by atoms with Crippen molar-refractivity contribution in [3.63, 3.8) is 0 Å². The molecule has 2 aliphatic rings. The first-order chi connectivity index (χ1) is 14.1. The number of aliphatic imine (C=N–C) groups is 1. The summed E-state index contributed by atoms with van der Waals surface area (Å²) in [6.45, 7) is 9.40. The molecule has 1 atom stereocenters. The van der Waals surface area contributed by atoms with Crippen LogP contribution in [0.25, 0.3) is 0 Å². The van der Waals surface area contributed by atoms with Gasteiger partial charge in [-0.05, 0) is 44.7 Å². The molecule has 0 bridgehead atoms. The molecule has 29 heavy (non-hydrogen) atoms. The lowest BCUT2D eigenvalue weighted by Gasteiger charge is -2.37. The second-order valence-electron chi connectivity index (χ2n) is 7.61. The number of piperazine rings is 1. The van der Waals surface area contributed by atoms with Gasteiger partial charge in [0.1, 0.15) is 11.9 Å². The Kier molecular flexibility index (Phi) is 7.75. The van der Waals surface area contributed by atoms with Gasteiger partial charge in [0, 0.05) is 45.9 Å². The maximum atomic E-state index is 12.5. The second-order valence-corrected chi connectivity index (χ2v) is 7.61. The predicted molar refractivity (Wildman–Crippen MR) is 115 cm³/mol. The summed E-state index contributed by atoms with van der Waals surface area (Å²) < 4.78 is 11.0. The highest BCUT2D eigenvalue weighted by atomic mass is 16.5. The molecule has 7 heteroatoms. The lowest BCUT2D eigenvalue weighted by Crippen LogP contribution is -2.55. The van der Waals surface area contributed by atoms with E-state index in [2.05, 4.69) is 36.2 Å². The standard InChI is InChI=1S/C22H34N4O3/c1-4-23-22(24-10-9-18-16-17(2)7-8-19(18)28-3)26-13-11-25(12-14-26)21(27)20-6-5-15-29-20/h7-8,16,20H,4-6,9-15H2,1-3H3,(H,23,24). The molecule has 1 N–H and O–H groups in total. The van der Waals surface area contributed by atoms with Gasteiger partial charge in [0.05, 0.1) is 7.11 Å². The van der Waals surface area contributed by atoms with Crippen molar-refractivity contribution in [1.82, 2.24) is 15.1 Å². The molecule has 7 nitrogen and oxygen atoms in total. The minimum Gasteiger partial charge on any atom is -0.496 e. The number of guanidine groups is 1. The zero-order valence-corrected chi connectivity index (χ0v) is 17.9. The van der Waals surface area contributed by atoms with Crippen LogP contribution in [-0.2, 0) is 16.0 Å². The normalized spacial score (nSPS) is 20.1. The fourth-order valence-corrected chi connectivity index (χ4v) is 3.93. The summed E-state index contributed by atoms with van der Waals surface area (Å²) in [6.07, 6.45) is 2.44. The smallest absolute Gasteiger partial charge is 0.251 e. The van der Waals surface area contributed by atoms with Gasteiger partial charge in [-0.1, -0.05) is 17.7 Å². The molecular formula is C22H34N4O3. The molecule has 0 radical (unpaired) electrons. The van der Waals surface area contributed by atoms with Crippen LogP contribution >= 0.6 is 0 Å². The fraction of sp³-hybridized carbons (Fsp3) is 0.636.